The molecule has 0 radical (unpaired) electrons. The summed E-state index contributed by atoms with van der Waals surface area (Å²) in [6, 6.07) is 0.556. The first kappa shape index (κ1) is 9.16. The Bertz CT molecular complexity index is 278. The van der Waals surface area contributed by atoms with Gasteiger partial charge in [-0.2, -0.15) is 0 Å². The van der Waals surface area contributed by atoms with Crippen molar-refractivity contribution >= 4 is 11.3 Å². The summed E-state index contributed by atoms with van der Waals surface area (Å²) in [5.74, 6) is 0.852. The fourth-order valence-electron chi connectivity index (χ4n) is 1.90. The van der Waals surface area contributed by atoms with E-state index in [-0.39, 0.29) is 0 Å². The predicted octanol–water partition coefficient (Wildman–Crippen LogP) is 2.51. The van der Waals surface area contributed by atoms with E-state index >= 15 is 0 Å². The number of nitrogens with zero attached hydrogens (tertiary/aromatic N) is 1. The Balaban J connectivity index is 2.11. The van der Waals surface area contributed by atoms with Gasteiger partial charge in [0.05, 0.1) is 5.01 Å². The third-order valence-corrected chi connectivity index (χ3v) is 3.87. The summed E-state index contributed by atoms with van der Waals surface area (Å²) in [6.45, 7) is 2.07. The van der Waals surface area contributed by atoms with Crippen molar-refractivity contribution < 1.29 is 0 Å². The normalized spacial score (nSPS) is 19.8. The molecular weight excluding hydrogens is 180 g/mol. The Hall–Kier alpha value is -0.410. The molecule has 0 saturated heterocycles. The maximum absolute atomic E-state index is 4.30. The smallest absolute Gasteiger partial charge is 0.0897 e. The second-order valence-corrected chi connectivity index (χ2v) is 5.01. The molecule has 2 rings (SSSR count). The first-order chi connectivity index (χ1) is 6.31. The number of aromatic nitrogens is 1. The predicted molar refractivity (Wildman–Crippen MR) is 56.0 cm³/mol. The summed E-state index contributed by atoms with van der Waals surface area (Å²) >= 11 is 1.82. The Kier molecular flexibility index (Phi) is 2.65. The van der Waals surface area contributed by atoms with Crippen molar-refractivity contribution in [3.63, 3.8) is 0 Å². The highest BCUT2D eigenvalue weighted by Gasteiger charge is 2.28. The molecule has 1 saturated carbocycles. The molecule has 0 aromatic carbocycles. The van der Waals surface area contributed by atoms with Crippen molar-refractivity contribution in [2.24, 2.45) is 5.92 Å². The highest BCUT2D eigenvalue weighted by atomic mass is 32.1. The lowest BCUT2D eigenvalue weighted by Gasteiger charge is -2.32. The van der Waals surface area contributed by atoms with Crippen LogP contribution in [0.4, 0.5) is 0 Å². The van der Waals surface area contributed by atoms with Gasteiger partial charge in [0.15, 0.2) is 0 Å². The van der Waals surface area contributed by atoms with E-state index in [0.717, 1.165) is 5.92 Å². The van der Waals surface area contributed by atoms with E-state index in [2.05, 4.69) is 24.3 Å². The number of hydrogen-bond acceptors (Lipinski definition) is 3. The Morgan fingerprint density at radius 1 is 1.62 bits per heavy atom. The van der Waals surface area contributed by atoms with Gasteiger partial charge in [-0.25, -0.2) is 4.98 Å². The molecule has 1 aliphatic carbocycles. The molecule has 3 heteroatoms. The monoisotopic (exact) mass is 196 g/mol. The van der Waals surface area contributed by atoms with Crippen LogP contribution in [0.15, 0.2) is 6.20 Å². The average molecular weight is 196 g/mol. The molecule has 1 aliphatic rings. The third-order valence-electron chi connectivity index (χ3n) is 2.88. The van der Waals surface area contributed by atoms with E-state index < -0.39 is 0 Å². The average Bonchev–Trinajstić information content (AvgIpc) is 2.43. The van der Waals surface area contributed by atoms with Gasteiger partial charge < -0.3 is 5.32 Å². The second-order valence-electron chi connectivity index (χ2n) is 3.74. The molecule has 1 heterocycles. The number of rotatable bonds is 3. The summed E-state index contributed by atoms with van der Waals surface area (Å²) in [7, 11) is 2.05. The molecule has 1 aromatic heterocycles. The van der Waals surface area contributed by atoms with Crippen LogP contribution in [0, 0.1) is 12.8 Å². The highest BCUT2D eigenvalue weighted by Crippen LogP contribution is 2.38. The van der Waals surface area contributed by atoms with Gasteiger partial charge in [-0.15, -0.1) is 11.3 Å². The van der Waals surface area contributed by atoms with E-state index in [0.29, 0.717) is 6.04 Å². The van der Waals surface area contributed by atoms with Crippen LogP contribution >= 0.6 is 11.3 Å². The molecule has 0 spiro atoms. The number of thiazole rings is 1. The standard InChI is InChI=1S/C10H16N2S/c1-7-12-6-9(13-7)10(11-2)8-4-3-5-8/h6,8,10-11H,3-5H2,1-2H3. The van der Waals surface area contributed by atoms with E-state index in [9.17, 15) is 0 Å². The van der Waals surface area contributed by atoms with E-state index in [4.69, 9.17) is 0 Å². The summed E-state index contributed by atoms with van der Waals surface area (Å²) in [5, 5.41) is 4.58. The Morgan fingerprint density at radius 3 is 2.77 bits per heavy atom. The lowest BCUT2D eigenvalue weighted by Crippen LogP contribution is -2.29. The molecule has 1 N–H and O–H groups in total. The molecule has 1 aromatic rings. The minimum Gasteiger partial charge on any atom is -0.312 e. The minimum absolute atomic E-state index is 0.556. The van der Waals surface area contributed by atoms with Gasteiger partial charge in [-0.05, 0) is 32.7 Å². The second kappa shape index (κ2) is 3.76. The van der Waals surface area contributed by atoms with Crippen LogP contribution in [0.5, 0.6) is 0 Å². The molecule has 0 amide bonds. The summed E-state index contributed by atoms with van der Waals surface area (Å²) in [5.41, 5.74) is 0. The van der Waals surface area contributed by atoms with Crippen LogP contribution in [0.3, 0.4) is 0 Å². The van der Waals surface area contributed by atoms with Gasteiger partial charge in [-0.1, -0.05) is 6.42 Å². The van der Waals surface area contributed by atoms with Gasteiger partial charge in [0.2, 0.25) is 0 Å². The molecule has 1 unspecified atom stereocenters. The molecule has 13 heavy (non-hydrogen) atoms. The Morgan fingerprint density at radius 2 is 2.38 bits per heavy atom. The Labute approximate surface area is 83.4 Å². The van der Waals surface area contributed by atoms with Crippen molar-refractivity contribution in [2.75, 3.05) is 7.05 Å². The first-order valence-corrected chi connectivity index (χ1v) is 5.72. The van der Waals surface area contributed by atoms with Crippen molar-refractivity contribution in [3.8, 4) is 0 Å². The van der Waals surface area contributed by atoms with Gasteiger partial charge >= 0.3 is 0 Å². The van der Waals surface area contributed by atoms with Gasteiger partial charge in [0.25, 0.3) is 0 Å². The largest absolute Gasteiger partial charge is 0.312 e. The van der Waals surface area contributed by atoms with Gasteiger partial charge in [0, 0.05) is 17.1 Å². The van der Waals surface area contributed by atoms with Crippen LogP contribution < -0.4 is 5.32 Å². The minimum atomic E-state index is 0.556. The number of nitrogens with one attached hydrogen (secondary N) is 1. The molecule has 72 valence electrons. The third kappa shape index (κ3) is 1.76. The van der Waals surface area contributed by atoms with Crippen LogP contribution in [0.25, 0.3) is 0 Å². The van der Waals surface area contributed by atoms with Crippen molar-refractivity contribution in [1.29, 1.82) is 0 Å². The first-order valence-electron chi connectivity index (χ1n) is 4.91. The summed E-state index contributed by atoms with van der Waals surface area (Å²) in [6.07, 6.45) is 6.19. The molecule has 2 nitrogen and oxygen atoms in total. The van der Waals surface area contributed by atoms with Crippen molar-refractivity contribution in [3.05, 3.63) is 16.1 Å². The molecular formula is C10H16N2S. The highest BCUT2D eigenvalue weighted by molar-refractivity contribution is 7.11. The maximum atomic E-state index is 4.30. The number of hydrogen-bond donors (Lipinski definition) is 1. The molecule has 0 aliphatic heterocycles. The van der Waals surface area contributed by atoms with Crippen LogP contribution in [-0.4, -0.2) is 12.0 Å². The maximum Gasteiger partial charge on any atom is 0.0897 e. The summed E-state index contributed by atoms with van der Waals surface area (Å²) < 4.78 is 0. The number of aryl methyl sites for hydroxylation is 1. The van der Waals surface area contributed by atoms with E-state index in [1.54, 1.807) is 0 Å². The lowest BCUT2D eigenvalue weighted by atomic mass is 9.79. The topological polar surface area (TPSA) is 24.9 Å². The van der Waals surface area contributed by atoms with Crippen LogP contribution in [0.2, 0.25) is 0 Å². The van der Waals surface area contributed by atoms with Crippen LogP contribution in [-0.2, 0) is 0 Å². The van der Waals surface area contributed by atoms with E-state index in [1.807, 2.05) is 17.5 Å². The SMILES string of the molecule is CNC(c1cnc(C)s1)C1CCC1. The molecule has 0 bridgehead atoms. The summed E-state index contributed by atoms with van der Waals surface area (Å²) in [4.78, 5) is 5.71. The van der Waals surface area contributed by atoms with Crippen molar-refractivity contribution in [1.82, 2.24) is 10.3 Å². The fourth-order valence-corrected chi connectivity index (χ4v) is 2.89. The zero-order chi connectivity index (χ0) is 9.26. The molecule has 1 fully saturated rings. The van der Waals surface area contributed by atoms with Gasteiger partial charge in [-0.3, -0.25) is 0 Å². The zero-order valence-electron chi connectivity index (χ0n) is 8.21. The van der Waals surface area contributed by atoms with Crippen molar-refractivity contribution in [2.45, 2.75) is 32.2 Å². The lowest BCUT2D eigenvalue weighted by molar-refractivity contribution is 0.242. The zero-order valence-corrected chi connectivity index (χ0v) is 9.03. The quantitative estimate of drug-likeness (QED) is 0.803. The van der Waals surface area contributed by atoms with Gasteiger partial charge in [0.1, 0.15) is 0 Å². The van der Waals surface area contributed by atoms with Crippen LogP contribution in [0.1, 0.15) is 35.2 Å². The van der Waals surface area contributed by atoms with E-state index in [1.165, 1.54) is 29.1 Å². The fraction of sp³-hybridized carbons (Fsp3) is 0.700. The molecule has 1 atom stereocenters.